The predicted molar refractivity (Wildman–Crippen MR) is 66.0 cm³/mol. The number of benzene rings is 1. The molecule has 0 saturated carbocycles. The molecule has 1 heterocycles. The quantitative estimate of drug-likeness (QED) is 0.934. The Morgan fingerprint density at radius 2 is 2.11 bits per heavy atom. The molecule has 100 valence electrons. The Bertz CT molecular complexity index is 612. The molecule has 1 amide bonds. The summed E-state index contributed by atoms with van der Waals surface area (Å²) in [5, 5.41) is 2.47. The van der Waals surface area contributed by atoms with Gasteiger partial charge in [-0.3, -0.25) is 4.79 Å². The molecule has 0 aliphatic rings. The van der Waals surface area contributed by atoms with Crippen LogP contribution in [0.2, 0.25) is 5.22 Å². The number of halogens is 3. The SMILES string of the molecule is CC(NC(=O)c1ccoc1Cl)c1cc(F)ccc1F. The Morgan fingerprint density at radius 1 is 1.37 bits per heavy atom. The van der Waals surface area contributed by atoms with Crippen molar-refractivity contribution in [2.24, 2.45) is 0 Å². The van der Waals surface area contributed by atoms with Gasteiger partial charge in [-0.15, -0.1) is 0 Å². The van der Waals surface area contributed by atoms with Crippen LogP contribution in [0.4, 0.5) is 8.78 Å². The summed E-state index contributed by atoms with van der Waals surface area (Å²) in [6.07, 6.45) is 1.27. The Labute approximate surface area is 113 Å². The summed E-state index contributed by atoms with van der Waals surface area (Å²) >= 11 is 5.66. The van der Waals surface area contributed by atoms with E-state index in [1.165, 1.54) is 12.3 Å². The van der Waals surface area contributed by atoms with Crippen LogP contribution >= 0.6 is 11.6 Å². The fourth-order valence-electron chi connectivity index (χ4n) is 1.65. The molecule has 0 spiro atoms. The van der Waals surface area contributed by atoms with Gasteiger partial charge < -0.3 is 9.73 Å². The zero-order valence-electron chi connectivity index (χ0n) is 9.91. The highest BCUT2D eigenvalue weighted by molar-refractivity contribution is 6.32. The van der Waals surface area contributed by atoms with Crippen LogP contribution in [0.3, 0.4) is 0 Å². The molecule has 0 radical (unpaired) electrons. The summed E-state index contributed by atoms with van der Waals surface area (Å²) in [5.74, 6) is -1.68. The van der Waals surface area contributed by atoms with Gasteiger partial charge in [0.2, 0.25) is 5.22 Å². The smallest absolute Gasteiger partial charge is 0.256 e. The van der Waals surface area contributed by atoms with Crippen LogP contribution in [0.5, 0.6) is 0 Å². The average molecular weight is 286 g/mol. The Balaban J connectivity index is 2.17. The van der Waals surface area contributed by atoms with Crippen molar-refractivity contribution in [3.8, 4) is 0 Å². The van der Waals surface area contributed by atoms with E-state index in [0.717, 1.165) is 18.2 Å². The topological polar surface area (TPSA) is 42.2 Å². The van der Waals surface area contributed by atoms with Crippen molar-refractivity contribution in [3.63, 3.8) is 0 Å². The number of carbonyl (C=O) groups excluding carboxylic acids is 1. The van der Waals surface area contributed by atoms with E-state index in [0.29, 0.717) is 0 Å². The van der Waals surface area contributed by atoms with Gasteiger partial charge in [0.25, 0.3) is 5.91 Å². The Morgan fingerprint density at radius 3 is 2.74 bits per heavy atom. The molecule has 3 nitrogen and oxygen atoms in total. The molecule has 2 aromatic rings. The lowest BCUT2D eigenvalue weighted by atomic mass is 10.1. The second kappa shape index (κ2) is 5.40. The van der Waals surface area contributed by atoms with Crippen LogP contribution in [-0.2, 0) is 0 Å². The maximum Gasteiger partial charge on any atom is 0.256 e. The molecule has 1 aromatic heterocycles. The van der Waals surface area contributed by atoms with Crippen LogP contribution < -0.4 is 5.32 Å². The van der Waals surface area contributed by atoms with Crippen molar-refractivity contribution in [2.45, 2.75) is 13.0 Å². The summed E-state index contributed by atoms with van der Waals surface area (Å²) in [7, 11) is 0. The van der Waals surface area contributed by atoms with Gasteiger partial charge in [-0.1, -0.05) is 0 Å². The molecule has 0 bridgehead atoms. The van der Waals surface area contributed by atoms with E-state index in [-0.39, 0.29) is 16.3 Å². The van der Waals surface area contributed by atoms with Crippen LogP contribution in [-0.4, -0.2) is 5.91 Å². The van der Waals surface area contributed by atoms with Crippen molar-refractivity contribution < 1.29 is 18.0 Å². The summed E-state index contributed by atoms with van der Waals surface area (Å²) in [5.41, 5.74) is 0.207. The molecule has 19 heavy (non-hydrogen) atoms. The number of rotatable bonds is 3. The predicted octanol–water partition coefficient (Wildman–Crippen LogP) is 3.70. The Hall–Kier alpha value is -1.88. The molecule has 0 fully saturated rings. The molecule has 1 atom stereocenters. The van der Waals surface area contributed by atoms with Crippen molar-refractivity contribution in [2.75, 3.05) is 0 Å². The van der Waals surface area contributed by atoms with Crippen molar-refractivity contribution >= 4 is 17.5 Å². The number of furan rings is 1. The summed E-state index contributed by atoms with van der Waals surface area (Å²) in [4.78, 5) is 11.8. The van der Waals surface area contributed by atoms with E-state index < -0.39 is 23.6 Å². The lowest BCUT2D eigenvalue weighted by Crippen LogP contribution is -2.27. The van der Waals surface area contributed by atoms with E-state index >= 15 is 0 Å². The molecule has 0 aliphatic heterocycles. The fourth-order valence-corrected chi connectivity index (χ4v) is 1.85. The highest BCUT2D eigenvalue weighted by Crippen LogP contribution is 2.21. The molecule has 0 saturated heterocycles. The first-order chi connectivity index (χ1) is 8.99. The van der Waals surface area contributed by atoms with Gasteiger partial charge in [0.1, 0.15) is 11.6 Å². The zero-order chi connectivity index (χ0) is 14.0. The minimum atomic E-state index is -0.700. The molecule has 6 heteroatoms. The lowest BCUT2D eigenvalue weighted by Gasteiger charge is -2.14. The third kappa shape index (κ3) is 2.93. The maximum atomic E-state index is 13.5. The highest BCUT2D eigenvalue weighted by atomic mass is 35.5. The average Bonchev–Trinajstić information content (AvgIpc) is 2.78. The number of hydrogen-bond acceptors (Lipinski definition) is 2. The monoisotopic (exact) mass is 285 g/mol. The van der Waals surface area contributed by atoms with Crippen molar-refractivity contribution in [1.29, 1.82) is 0 Å². The van der Waals surface area contributed by atoms with Gasteiger partial charge in [-0.25, -0.2) is 8.78 Å². The number of hydrogen-bond donors (Lipinski definition) is 1. The van der Waals surface area contributed by atoms with Gasteiger partial charge in [-0.2, -0.15) is 0 Å². The number of carbonyl (C=O) groups is 1. The van der Waals surface area contributed by atoms with E-state index in [2.05, 4.69) is 5.32 Å². The molecule has 1 unspecified atom stereocenters. The van der Waals surface area contributed by atoms with Crippen LogP contribution in [0, 0.1) is 11.6 Å². The first kappa shape index (κ1) is 13.5. The van der Waals surface area contributed by atoms with Gasteiger partial charge in [0.05, 0.1) is 17.9 Å². The third-order valence-corrected chi connectivity index (χ3v) is 2.93. The first-order valence-electron chi connectivity index (χ1n) is 5.48. The highest BCUT2D eigenvalue weighted by Gasteiger charge is 2.18. The summed E-state index contributed by atoms with van der Waals surface area (Å²) < 4.78 is 31.4. The standard InChI is InChI=1S/C13H10ClF2NO2/c1-7(10-6-8(15)2-3-11(10)16)17-13(18)9-4-5-19-12(9)14/h2-7H,1H3,(H,17,18). The van der Waals surface area contributed by atoms with Crippen molar-refractivity contribution in [1.82, 2.24) is 5.32 Å². The van der Waals surface area contributed by atoms with Gasteiger partial charge in [0.15, 0.2) is 0 Å². The van der Waals surface area contributed by atoms with E-state index in [4.69, 9.17) is 16.0 Å². The van der Waals surface area contributed by atoms with Crippen molar-refractivity contribution in [3.05, 3.63) is 58.5 Å². The van der Waals surface area contributed by atoms with Crippen LogP contribution in [0.25, 0.3) is 0 Å². The molecule has 0 aliphatic carbocycles. The molecular formula is C13H10ClF2NO2. The second-order valence-electron chi connectivity index (χ2n) is 3.97. The van der Waals surface area contributed by atoms with E-state index in [9.17, 15) is 13.6 Å². The summed E-state index contributed by atoms with van der Waals surface area (Å²) in [6, 6.07) is 3.76. The van der Waals surface area contributed by atoms with E-state index in [1.54, 1.807) is 6.92 Å². The summed E-state index contributed by atoms with van der Waals surface area (Å²) in [6.45, 7) is 1.55. The first-order valence-corrected chi connectivity index (χ1v) is 5.85. The van der Waals surface area contributed by atoms with Gasteiger partial charge >= 0.3 is 0 Å². The largest absolute Gasteiger partial charge is 0.452 e. The molecular weight excluding hydrogens is 276 g/mol. The van der Waals surface area contributed by atoms with Gasteiger partial charge in [0, 0.05) is 5.56 Å². The number of amides is 1. The minimum Gasteiger partial charge on any atom is -0.452 e. The lowest BCUT2D eigenvalue weighted by molar-refractivity contribution is 0.0939. The fraction of sp³-hybridized carbons (Fsp3) is 0.154. The van der Waals surface area contributed by atoms with Crippen LogP contribution in [0.1, 0.15) is 28.9 Å². The second-order valence-corrected chi connectivity index (χ2v) is 4.31. The maximum absolute atomic E-state index is 13.5. The molecule has 1 N–H and O–H groups in total. The molecule has 2 rings (SSSR count). The van der Waals surface area contributed by atoms with Gasteiger partial charge in [-0.05, 0) is 42.8 Å². The zero-order valence-corrected chi connectivity index (χ0v) is 10.7. The number of nitrogens with one attached hydrogen (secondary N) is 1. The Kier molecular flexibility index (Phi) is 3.85. The minimum absolute atomic E-state index is 0.0515. The molecule has 1 aromatic carbocycles. The normalized spacial score (nSPS) is 12.2. The van der Waals surface area contributed by atoms with Crippen LogP contribution in [0.15, 0.2) is 34.9 Å². The van der Waals surface area contributed by atoms with E-state index in [1.807, 2.05) is 0 Å². The third-order valence-electron chi connectivity index (χ3n) is 2.63.